The fourth-order valence-electron chi connectivity index (χ4n) is 4.05. The number of hydrogen-bond acceptors (Lipinski definition) is 6. The topological polar surface area (TPSA) is 70.1 Å². The van der Waals surface area contributed by atoms with Crippen molar-refractivity contribution in [2.45, 2.75) is 36.3 Å². The van der Waals surface area contributed by atoms with Gasteiger partial charge in [0.15, 0.2) is 5.78 Å². The van der Waals surface area contributed by atoms with Crippen molar-refractivity contribution in [1.29, 1.82) is 5.26 Å². The van der Waals surface area contributed by atoms with E-state index in [1.54, 1.807) is 35.2 Å². The van der Waals surface area contributed by atoms with Gasteiger partial charge in [-0.3, -0.25) is 9.69 Å². The molecular formula is C22H20ClN3OS2. The lowest BCUT2D eigenvalue weighted by atomic mass is 9.76. The number of thiophene rings is 1. The standard InChI is InChI=1S/C22H20ClN3OS2/c1-2-28-22-15(10-11-29-22)19-16(12-24)21(25)26(14-8-6-13(23)7-9-14)17-4-3-5-18(27)20(17)19/h6-11,19H,2-5,25H2,1H3/t19-/m1/s1. The molecule has 0 fully saturated rings. The summed E-state index contributed by atoms with van der Waals surface area (Å²) in [5.41, 5.74) is 10.5. The number of benzene rings is 1. The largest absolute Gasteiger partial charge is 0.384 e. The van der Waals surface area contributed by atoms with Crippen molar-refractivity contribution in [3.63, 3.8) is 0 Å². The average molecular weight is 442 g/mol. The Morgan fingerprint density at radius 2 is 2.07 bits per heavy atom. The van der Waals surface area contributed by atoms with Crippen LogP contribution in [0.1, 0.15) is 37.7 Å². The van der Waals surface area contributed by atoms with Gasteiger partial charge in [-0.25, -0.2) is 0 Å². The molecule has 0 amide bonds. The maximum atomic E-state index is 13.1. The zero-order valence-corrected chi connectivity index (χ0v) is 18.3. The third-order valence-corrected chi connectivity index (χ3v) is 7.65. The summed E-state index contributed by atoms with van der Waals surface area (Å²) >= 11 is 9.45. The maximum absolute atomic E-state index is 13.1. The summed E-state index contributed by atoms with van der Waals surface area (Å²) in [6.07, 6.45) is 2.03. The van der Waals surface area contributed by atoms with Gasteiger partial charge in [0.05, 0.1) is 21.8 Å². The number of allylic oxidation sites excluding steroid dienone is 3. The van der Waals surface area contributed by atoms with E-state index in [0.717, 1.165) is 39.8 Å². The van der Waals surface area contributed by atoms with Gasteiger partial charge in [-0.15, -0.1) is 23.1 Å². The molecule has 1 aromatic carbocycles. The van der Waals surface area contributed by atoms with Crippen molar-refractivity contribution >= 4 is 46.2 Å². The summed E-state index contributed by atoms with van der Waals surface area (Å²) in [5.74, 6) is 1.03. The van der Waals surface area contributed by atoms with Crippen molar-refractivity contribution in [2.24, 2.45) is 5.73 Å². The van der Waals surface area contributed by atoms with Crippen LogP contribution in [-0.2, 0) is 4.79 Å². The van der Waals surface area contributed by atoms with Crippen molar-refractivity contribution in [3.05, 3.63) is 69.0 Å². The van der Waals surface area contributed by atoms with E-state index in [1.807, 2.05) is 28.5 Å². The highest BCUT2D eigenvalue weighted by atomic mass is 35.5. The monoisotopic (exact) mass is 441 g/mol. The summed E-state index contributed by atoms with van der Waals surface area (Å²) in [6.45, 7) is 2.10. The zero-order valence-electron chi connectivity index (χ0n) is 15.9. The number of halogens is 1. The average Bonchev–Trinajstić information content (AvgIpc) is 3.16. The van der Waals surface area contributed by atoms with Crippen molar-refractivity contribution in [3.8, 4) is 6.07 Å². The Balaban J connectivity index is 1.94. The van der Waals surface area contributed by atoms with Gasteiger partial charge < -0.3 is 5.73 Å². The number of carbonyl (C=O) groups excluding carboxylic acids is 1. The molecule has 0 spiro atoms. The number of rotatable bonds is 4. The Kier molecular flexibility index (Phi) is 5.73. The molecule has 0 bridgehead atoms. The molecule has 2 aliphatic rings. The number of nitriles is 1. The van der Waals surface area contributed by atoms with E-state index < -0.39 is 5.92 Å². The number of carbonyl (C=O) groups is 1. The molecule has 1 aliphatic heterocycles. The number of ketones is 1. The number of nitrogens with zero attached hydrogens (tertiary/aromatic N) is 2. The lowest BCUT2D eigenvalue weighted by Crippen LogP contribution is -2.38. The van der Waals surface area contributed by atoms with E-state index in [-0.39, 0.29) is 5.78 Å². The van der Waals surface area contributed by atoms with Crippen LogP contribution in [0.5, 0.6) is 0 Å². The first-order valence-corrected chi connectivity index (χ1v) is 11.7. The summed E-state index contributed by atoms with van der Waals surface area (Å²) in [6, 6.07) is 11.7. The minimum Gasteiger partial charge on any atom is -0.384 e. The predicted octanol–water partition coefficient (Wildman–Crippen LogP) is 5.82. The fraction of sp³-hybridized carbons (Fsp3) is 0.273. The van der Waals surface area contributed by atoms with Crippen LogP contribution in [-0.4, -0.2) is 11.5 Å². The molecule has 0 saturated carbocycles. The predicted molar refractivity (Wildman–Crippen MR) is 120 cm³/mol. The van der Waals surface area contributed by atoms with E-state index in [2.05, 4.69) is 13.0 Å². The van der Waals surface area contributed by atoms with Crippen molar-refractivity contribution in [2.75, 3.05) is 10.7 Å². The molecule has 1 aliphatic carbocycles. The Bertz CT molecular complexity index is 1060. The number of thioether (sulfide) groups is 1. The minimum atomic E-state index is -0.397. The Morgan fingerprint density at radius 1 is 1.31 bits per heavy atom. The van der Waals surface area contributed by atoms with Crippen LogP contribution in [0.2, 0.25) is 5.02 Å². The van der Waals surface area contributed by atoms with Gasteiger partial charge in [0, 0.05) is 28.4 Å². The van der Waals surface area contributed by atoms with Gasteiger partial charge in [-0.1, -0.05) is 18.5 Å². The molecule has 0 saturated heterocycles. The Labute approximate surface area is 183 Å². The molecular weight excluding hydrogens is 422 g/mol. The number of anilines is 1. The molecule has 29 heavy (non-hydrogen) atoms. The molecule has 2 aromatic rings. The number of Topliss-reactive ketones (excluding diaryl/α,β-unsaturated/α-hetero) is 1. The summed E-state index contributed by atoms with van der Waals surface area (Å²) in [7, 11) is 0. The van der Waals surface area contributed by atoms with Gasteiger partial charge in [-0.2, -0.15) is 5.26 Å². The van der Waals surface area contributed by atoms with Crippen LogP contribution in [0.4, 0.5) is 5.69 Å². The smallest absolute Gasteiger partial charge is 0.161 e. The normalized spacial score (nSPS) is 19.4. The van der Waals surface area contributed by atoms with Crippen LogP contribution in [0, 0.1) is 11.3 Å². The van der Waals surface area contributed by atoms with Crippen molar-refractivity contribution in [1.82, 2.24) is 0 Å². The van der Waals surface area contributed by atoms with E-state index in [0.29, 0.717) is 28.4 Å². The first-order valence-electron chi connectivity index (χ1n) is 9.48. The van der Waals surface area contributed by atoms with E-state index in [9.17, 15) is 10.1 Å². The van der Waals surface area contributed by atoms with Gasteiger partial charge in [0.2, 0.25) is 0 Å². The van der Waals surface area contributed by atoms with E-state index in [1.165, 1.54) is 0 Å². The SMILES string of the molecule is CCSc1sccc1[C@@H]1C(C#N)=C(N)N(c2ccc(Cl)cc2)C2=C1C(=O)CCC2. The third kappa shape index (κ3) is 3.48. The third-order valence-electron chi connectivity index (χ3n) is 5.24. The molecule has 1 aromatic heterocycles. The van der Waals surface area contributed by atoms with Crippen LogP contribution < -0.4 is 10.6 Å². The summed E-state index contributed by atoms with van der Waals surface area (Å²) < 4.78 is 1.14. The van der Waals surface area contributed by atoms with Gasteiger partial charge in [0.1, 0.15) is 5.82 Å². The summed E-state index contributed by atoms with van der Waals surface area (Å²) in [4.78, 5) is 15.0. The molecule has 2 N–H and O–H groups in total. The number of hydrogen-bond donors (Lipinski definition) is 1. The van der Waals surface area contributed by atoms with Crippen LogP contribution in [0.15, 0.2) is 62.6 Å². The first kappa shape index (κ1) is 20.1. The molecule has 2 heterocycles. The molecule has 0 unspecified atom stereocenters. The molecule has 7 heteroatoms. The van der Waals surface area contributed by atoms with Gasteiger partial charge in [-0.05, 0) is 59.9 Å². The fourth-order valence-corrected chi connectivity index (χ4v) is 6.24. The molecule has 4 rings (SSSR count). The van der Waals surface area contributed by atoms with Gasteiger partial charge in [0.25, 0.3) is 0 Å². The highest BCUT2D eigenvalue weighted by molar-refractivity contribution is 8.01. The lowest BCUT2D eigenvalue weighted by Gasteiger charge is -2.39. The minimum absolute atomic E-state index is 0.106. The molecule has 0 radical (unpaired) electrons. The van der Waals surface area contributed by atoms with E-state index >= 15 is 0 Å². The molecule has 148 valence electrons. The Morgan fingerprint density at radius 3 is 2.76 bits per heavy atom. The second-order valence-corrected chi connectivity index (χ2v) is 9.77. The van der Waals surface area contributed by atoms with Crippen LogP contribution >= 0.6 is 34.7 Å². The number of nitrogens with two attached hydrogens (primary N) is 1. The quantitative estimate of drug-likeness (QED) is 0.605. The molecule has 4 nitrogen and oxygen atoms in total. The first-order chi connectivity index (χ1) is 14.1. The Hall–Kier alpha value is -2.20. The highest BCUT2D eigenvalue weighted by Gasteiger charge is 2.41. The van der Waals surface area contributed by atoms with Crippen LogP contribution in [0.3, 0.4) is 0 Å². The van der Waals surface area contributed by atoms with Crippen molar-refractivity contribution < 1.29 is 4.79 Å². The van der Waals surface area contributed by atoms with Gasteiger partial charge >= 0.3 is 0 Å². The van der Waals surface area contributed by atoms with E-state index in [4.69, 9.17) is 17.3 Å². The second-order valence-electron chi connectivity index (χ2n) is 6.89. The molecule has 1 atom stereocenters. The lowest BCUT2D eigenvalue weighted by molar-refractivity contribution is -0.116. The maximum Gasteiger partial charge on any atom is 0.161 e. The zero-order chi connectivity index (χ0) is 20.5. The second kappa shape index (κ2) is 8.27. The summed E-state index contributed by atoms with van der Waals surface area (Å²) in [5, 5.41) is 12.7. The van der Waals surface area contributed by atoms with Crippen LogP contribution in [0.25, 0.3) is 0 Å². The highest BCUT2D eigenvalue weighted by Crippen LogP contribution is 2.49.